The van der Waals surface area contributed by atoms with Gasteiger partial charge >= 0.3 is 5.97 Å². The molecule has 2 heterocycles. The van der Waals surface area contributed by atoms with Gasteiger partial charge in [-0.1, -0.05) is 0 Å². The summed E-state index contributed by atoms with van der Waals surface area (Å²) in [4.78, 5) is 21.1. The number of rotatable bonds is 4. The Hall–Kier alpha value is -0.980. The van der Waals surface area contributed by atoms with E-state index in [1.54, 1.807) is 6.92 Å². The van der Waals surface area contributed by atoms with Crippen molar-refractivity contribution in [1.82, 2.24) is 9.97 Å². The van der Waals surface area contributed by atoms with Crippen molar-refractivity contribution in [2.24, 2.45) is 0 Å². The van der Waals surface area contributed by atoms with Crippen LogP contribution in [0.5, 0.6) is 0 Å². The first kappa shape index (κ1) is 14.4. The Morgan fingerprint density at radius 1 is 1.58 bits per heavy atom. The molecule has 0 saturated heterocycles. The smallest absolute Gasteiger partial charge is 0.341 e. The van der Waals surface area contributed by atoms with E-state index in [2.05, 4.69) is 25.9 Å². The number of carbonyl (C=O) groups excluding carboxylic acids is 1. The van der Waals surface area contributed by atoms with E-state index in [1.165, 1.54) is 17.5 Å². The number of esters is 1. The average Bonchev–Trinajstić information content (AvgIpc) is 2.85. The van der Waals surface area contributed by atoms with Crippen LogP contribution in [0.4, 0.5) is 0 Å². The van der Waals surface area contributed by atoms with E-state index in [4.69, 9.17) is 16.3 Å². The first-order valence-electron chi connectivity index (χ1n) is 5.49. The standard InChI is InChI=1S/C12H10BrClN2O2S/c1-2-18-12(17)8-5-15-11(16-9(8)4-14)10-3-7(13)6-19-10/h3,5-6H,2,4H2,1H3. The Bertz CT molecular complexity index is 603. The zero-order chi connectivity index (χ0) is 13.8. The third-order valence-electron chi connectivity index (χ3n) is 2.28. The third-order valence-corrected chi connectivity index (χ3v) is 4.22. The molecule has 0 aromatic carbocycles. The molecule has 2 aromatic heterocycles. The number of hydrogen-bond donors (Lipinski definition) is 0. The van der Waals surface area contributed by atoms with Crippen LogP contribution in [-0.2, 0) is 10.6 Å². The molecule has 4 nitrogen and oxygen atoms in total. The number of nitrogens with zero attached hydrogens (tertiary/aromatic N) is 2. The fraction of sp³-hybridized carbons (Fsp3) is 0.250. The van der Waals surface area contributed by atoms with Gasteiger partial charge in [0, 0.05) is 16.0 Å². The fourth-order valence-electron chi connectivity index (χ4n) is 1.45. The summed E-state index contributed by atoms with van der Waals surface area (Å²) in [5.74, 6) is 0.243. The van der Waals surface area contributed by atoms with Crippen LogP contribution in [0.25, 0.3) is 10.7 Å². The van der Waals surface area contributed by atoms with E-state index in [0.717, 1.165) is 9.35 Å². The molecule has 0 aliphatic heterocycles. The van der Waals surface area contributed by atoms with Gasteiger partial charge in [0.2, 0.25) is 0 Å². The molecule has 100 valence electrons. The predicted molar refractivity (Wildman–Crippen MR) is 78.6 cm³/mol. The van der Waals surface area contributed by atoms with Crippen LogP contribution in [0, 0.1) is 0 Å². The highest BCUT2D eigenvalue weighted by atomic mass is 79.9. The lowest BCUT2D eigenvalue weighted by Crippen LogP contribution is -2.10. The number of ether oxygens (including phenoxy) is 1. The van der Waals surface area contributed by atoms with E-state index in [9.17, 15) is 4.79 Å². The van der Waals surface area contributed by atoms with Crippen molar-refractivity contribution in [2.75, 3.05) is 6.61 Å². The summed E-state index contributed by atoms with van der Waals surface area (Å²) >= 11 is 10.7. The van der Waals surface area contributed by atoms with Crippen LogP contribution in [0.3, 0.4) is 0 Å². The van der Waals surface area contributed by atoms with Gasteiger partial charge in [0.1, 0.15) is 5.56 Å². The summed E-state index contributed by atoms with van der Waals surface area (Å²) in [6.07, 6.45) is 1.46. The van der Waals surface area contributed by atoms with Crippen LogP contribution in [0.1, 0.15) is 23.0 Å². The lowest BCUT2D eigenvalue weighted by molar-refractivity contribution is 0.0524. The molecule has 19 heavy (non-hydrogen) atoms. The van der Waals surface area contributed by atoms with Crippen molar-refractivity contribution >= 4 is 44.8 Å². The largest absolute Gasteiger partial charge is 0.462 e. The maximum absolute atomic E-state index is 11.7. The van der Waals surface area contributed by atoms with E-state index in [-0.39, 0.29) is 5.88 Å². The predicted octanol–water partition coefficient (Wildman–Crippen LogP) is 3.88. The Balaban J connectivity index is 2.38. The van der Waals surface area contributed by atoms with Crippen LogP contribution in [0.15, 0.2) is 22.1 Å². The van der Waals surface area contributed by atoms with Crippen molar-refractivity contribution in [3.8, 4) is 10.7 Å². The molecule has 0 radical (unpaired) electrons. The van der Waals surface area contributed by atoms with Crippen molar-refractivity contribution in [3.05, 3.63) is 33.4 Å². The topological polar surface area (TPSA) is 52.1 Å². The summed E-state index contributed by atoms with van der Waals surface area (Å²) in [5, 5.41) is 1.94. The molecule has 0 atom stereocenters. The number of thiophene rings is 1. The second-order valence-electron chi connectivity index (χ2n) is 3.54. The van der Waals surface area contributed by atoms with Crippen molar-refractivity contribution in [2.45, 2.75) is 12.8 Å². The lowest BCUT2D eigenvalue weighted by Gasteiger charge is -2.06. The molecule has 0 bridgehead atoms. The van der Waals surface area contributed by atoms with Crippen molar-refractivity contribution < 1.29 is 9.53 Å². The molecule has 0 amide bonds. The second kappa shape index (κ2) is 6.45. The normalized spacial score (nSPS) is 10.5. The molecule has 0 unspecified atom stereocenters. The molecule has 7 heteroatoms. The first-order chi connectivity index (χ1) is 9.15. The molecule has 0 N–H and O–H groups in total. The van der Waals surface area contributed by atoms with Crippen molar-refractivity contribution in [3.63, 3.8) is 0 Å². The van der Waals surface area contributed by atoms with Gasteiger partial charge in [-0.25, -0.2) is 14.8 Å². The average molecular weight is 362 g/mol. The molecular weight excluding hydrogens is 352 g/mol. The zero-order valence-corrected chi connectivity index (χ0v) is 13.2. The molecule has 0 saturated carbocycles. The maximum atomic E-state index is 11.7. The molecule has 2 aromatic rings. The number of carbonyl (C=O) groups is 1. The van der Waals surface area contributed by atoms with Crippen LogP contribution >= 0.6 is 38.9 Å². The second-order valence-corrected chi connectivity index (χ2v) is 5.63. The monoisotopic (exact) mass is 360 g/mol. The maximum Gasteiger partial charge on any atom is 0.341 e. The Labute approximate surface area is 127 Å². The van der Waals surface area contributed by atoms with E-state index in [0.29, 0.717) is 23.7 Å². The number of alkyl halides is 1. The molecule has 0 fully saturated rings. The Morgan fingerprint density at radius 3 is 2.95 bits per heavy atom. The number of aromatic nitrogens is 2. The third kappa shape index (κ3) is 3.32. The van der Waals surface area contributed by atoms with Gasteiger partial charge < -0.3 is 4.74 Å². The lowest BCUT2D eigenvalue weighted by atomic mass is 10.2. The number of halogens is 2. The fourth-order valence-corrected chi connectivity index (χ4v) is 3.02. The molecule has 0 spiro atoms. The van der Waals surface area contributed by atoms with Crippen LogP contribution in [-0.4, -0.2) is 22.5 Å². The quantitative estimate of drug-likeness (QED) is 0.612. The molecule has 0 aliphatic rings. The van der Waals surface area contributed by atoms with Gasteiger partial charge in [-0.15, -0.1) is 22.9 Å². The SMILES string of the molecule is CCOC(=O)c1cnc(-c2cc(Br)cs2)nc1CCl. The van der Waals surface area contributed by atoms with Crippen LogP contribution < -0.4 is 0 Å². The highest BCUT2D eigenvalue weighted by Gasteiger charge is 2.16. The van der Waals surface area contributed by atoms with Crippen molar-refractivity contribution in [1.29, 1.82) is 0 Å². The van der Waals surface area contributed by atoms with E-state index >= 15 is 0 Å². The molecular formula is C12H10BrClN2O2S. The minimum atomic E-state index is -0.447. The summed E-state index contributed by atoms with van der Waals surface area (Å²) in [5.41, 5.74) is 0.797. The van der Waals surface area contributed by atoms with Crippen LogP contribution in [0.2, 0.25) is 0 Å². The summed E-state index contributed by atoms with van der Waals surface area (Å²) in [7, 11) is 0. The van der Waals surface area contributed by atoms with Gasteiger partial charge in [-0.05, 0) is 28.9 Å². The summed E-state index contributed by atoms with van der Waals surface area (Å²) < 4.78 is 5.91. The summed E-state index contributed by atoms with van der Waals surface area (Å²) in [6, 6.07) is 1.92. The van der Waals surface area contributed by atoms with Gasteiger partial charge in [-0.3, -0.25) is 0 Å². The summed E-state index contributed by atoms with van der Waals surface area (Å²) in [6.45, 7) is 2.05. The number of hydrogen-bond acceptors (Lipinski definition) is 5. The highest BCUT2D eigenvalue weighted by molar-refractivity contribution is 9.10. The van der Waals surface area contributed by atoms with Gasteiger partial charge in [0.25, 0.3) is 0 Å². The zero-order valence-electron chi connectivity index (χ0n) is 10.0. The van der Waals surface area contributed by atoms with Gasteiger partial charge in [-0.2, -0.15) is 0 Å². The van der Waals surface area contributed by atoms with E-state index < -0.39 is 5.97 Å². The van der Waals surface area contributed by atoms with Gasteiger partial charge in [0.05, 0.1) is 23.1 Å². The minimum Gasteiger partial charge on any atom is -0.462 e. The Kier molecular flexibility index (Phi) is 4.90. The highest BCUT2D eigenvalue weighted by Crippen LogP contribution is 2.28. The molecule has 2 rings (SSSR count). The minimum absolute atomic E-state index is 0.135. The van der Waals surface area contributed by atoms with Gasteiger partial charge in [0.15, 0.2) is 5.82 Å². The Morgan fingerprint density at radius 2 is 2.37 bits per heavy atom. The van der Waals surface area contributed by atoms with E-state index in [1.807, 2.05) is 11.4 Å². The molecule has 0 aliphatic carbocycles. The first-order valence-corrected chi connectivity index (χ1v) is 7.69.